The summed E-state index contributed by atoms with van der Waals surface area (Å²) in [5.41, 5.74) is 7.66. The minimum atomic E-state index is -0.541. The van der Waals surface area contributed by atoms with Crippen molar-refractivity contribution in [3.05, 3.63) is 23.3 Å². The topological polar surface area (TPSA) is 147 Å². The number of amides is 1. The van der Waals surface area contributed by atoms with Crippen molar-refractivity contribution in [2.24, 2.45) is 16.6 Å². The van der Waals surface area contributed by atoms with Crippen molar-refractivity contribution in [1.29, 1.82) is 0 Å². The molecule has 252 valence electrons. The first-order valence-corrected chi connectivity index (χ1v) is 19.2. The number of hydrogen-bond donors (Lipinski definition) is 4. The fourth-order valence-corrected chi connectivity index (χ4v) is 8.23. The molecule has 1 aromatic rings. The number of aromatic hydroxyl groups is 1. The zero-order valence-corrected chi connectivity index (χ0v) is 28.3. The molecule has 2 fully saturated rings. The van der Waals surface area contributed by atoms with Crippen LogP contribution >= 0.6 is 21.6 Å². The molecule has 4 rings (SSSR count). The van der Waals surface area contributed by atoms with Crippen LogP contribution < -0.4 is 15.8 Å². The Labute approximate surface area is 276 Å². The Bertz CT molecular complexity index is 1130. The van der Waals surface area contributed by atoms with E-state index < -0.39 is 12.2 Å². The largest absolute Gasteiger partial charge is 0.504 e. The van der Waals surface area contributed by atoms with Gasteiger partial charge in [-0.25, -0.2) is 4.99 Å². The van der Waals surface area contributed by atoms with Crippen molar-refractivity contribution in [2.45, 2.75) is 122 Å². The Balaban J connectivity index is 1.49. The van der Waals surface area contributed by atoms with E-state index in [4.69, 9.17) is 15.2 Å². The van der Waals surface area contributed by atoms with Gasteiger partial charge in [0, 0.05) is 50.7 Å². The van der Waals surface area contributed by atoms with E-state index in [2.05, 4.69) is 10.3 Å². The number of esters is 1. The second kappa shape index (κ2) is 18.7. The van der Waals surface area contributed by atoms with Gasteiger partial charge in [0.05, 0.1) is 18.1 Å². The minimum Gasteiger partial charge on any atom is -0.504 e. The van der Waals surface area contributed by atoms with Gasteiger partial charge in [-0.3, -0.25) is 9.59 Å². The summed E-state index contributed by atoms with van der Waals surface area (Å²) in [5, 5.41) is 25.2. The number of nitrogens with two attached hydrogens (primary N) is 1. The number of aliphatic hydroxyl groups is 1. The summed E-state index contributed by atoms with van der Waals surface area (Å²) in [5.74, 6) is 2.50. The van der Waals surface area contributed by atoms with Gasteiger partial charge in [0.1, 0.15) is 6.10 Å². The van der Waals surface area contributed by atoms with E-state index in [-0.39, 0.29) is 29.6 Å². The summed E-state index contributed by atoms with van der Waals surface area (Å²) >= 11 is 0. The lowest BCUT2D eigenvalue weighted by atomic mass is 9.98. The summed E-state index contributed by atoms with van der Waals surface area (Å²) in [7, 11) is 3.48. The SMILES string of the molecule is CC(=O)OC1CCc2cc(c(O)c(OC3CCCC3)c2)CN2CC(CCNC(N)=NCSSCCCCCCC(O)C1)CC2=O. The van der Waals surface area contributed by atoms with Crippen molar-refractivity contribution >= 4 is 39.4 Å². The van der Waals surface area contributed by atoms with Gasteiger partial charge in [0.2, 0.25) is 5.91 Å². The van der Waals surface area contributed by atoms with Gasteiger partial charge in [-0.15, -0.1) is 0 Å². The lowest BCUT2D eigenvalue weighted by molar-refractivity contribution is -0.148. The first-order chi connectivity index (χ1) is 21.8. The van der Waals surface area contributed by atoms with Crippen LogP contribution in [0, 0.1) is 5.92 Å². The number of phenolic OH excluding ortho intramolecular Hbond substituents is 1. The average molecular weight is 665 g/mol. The zero-order valence-electron chi connectivity index (χ0n) is 26.7. The molecule has 0 aromatic heterocycles. The van der Waals surface area contributed by atoms with Crippen molar-refractivity contribution < 1.29 is 29.3 Å². The first-order valence-electron chi connectivity index (χ1n) is 16.7. The average Bonchev–Trinajstić information content (AvgIpc) is 3.63. The number of guanidine groups is 1. The van der Waals surface area contributed by atoms with E-state index in [9.17, 15) is 19.8 Å². The molecule has 1 saturated carbocycles. The van der Waals surface area contributed by atoms with E-state index in [1.807, 2.05) is 17.0 Å². The van der Waals surface area contributed by atoms with Crippen molar-refractivity contribution in [2.75, 3.05) is 24.7 Å². The van der Waals surface area contributed by atoms with E-state index in [1.54, 1.807) is 21.6 Å². The number of aliphatic hydroxyl groups excluding tert-OH is 1. The molecule has 2 heterocycles. The summed E-state index contributed by atoms with van der Waals surface area (Å²) in [4.78, 5) is 31.2. The maximum Gasteiger partial charge on any atom is 0.302 e. The lowest BCUT2D eigenvalue weighted by Gasteiger charge is -2.23. The summed E-state index contributed by atoms with van der Waals surface area (Å²) in [6, 6.07) is 3.83. The molecule has 5 N–H and O–H groups in total. The van der Waals surface area contributed by atoms with E-state index in [0.29, 0.717) is 74.9 Å². The Kier molecular flexibility index (Phi) is 14.8. The number of carbonyl (C=O) groups excluding carboxylic acids is 2. The van der Waals surface area contributed by atoms with Gasteiger partial charge >= 0.3 is 5.97 Å². The second-order valence-corrected chi connectivity index (χ2v) is 15.2. The molecule has 45 heavy (non-hydrogen) atoms. The van der Waals surface area contributed by atoms with Gasteiger partial charge in [-0.2, -0.15) is 0 Å². The molecule has 0 radical (unpaired) electrons. The number of benzene rings is 1. The van der Waals surface area contributed by atoms with E-state index in [0.717, 1.165) is 69.1 Å². The maximum absolute atomic E-state index is 13.0. The molecule has 3 aliphatic rings. The maximum atomic E-state index is 13.0. The highest BCUT2D eigenvalue weighted by molar-refractivity contribution is 8.76. The summed E-state index contributed by atoms with van der Waals surface area (Å²) < 4.78 is 11.9. The van der Waals surface area contributed by atoms with Crippen molar-refractivity contribution in [1.82, 2.24) is 10.2 Å². The molecule has 1 amide bonds. The number of aryl methyl sites for hydroxylation is 1. The monoisotopic (exact) mass is 664 g/mol. The van der Waals surface area contributed by atoms with Crippen LogP contribution in [0.25, 0.3) is 0 Å². The lowest BCUT2D eigenvalue weighted by Crippen LogP contribution is -2.33. The molecule has 2 aliphatic heterocycles. The minimum absolute atomic E-state index is 0.0653. The van der Waals surface area contributed by atoms with Gasteiger partial charge in [0.15, 0.2) is 17.5 Å². The predicted molar refractivity (Wildman–Crippen MR) is 181 cm³/mol. The fourth-order valence-electron chi connectivity index (χ4n) is 6.43. The number of carbonyl (C=O) groups is 2. The van der Waals surface area contributed by atoms with Crippen LogP contribution in [0.15, 0.2) is 17.1 Å². The zero-order chi connectivity index (χ0) is 32.0. The predicted octanol–water partition coefficient (Wildman–Crippen LogP) is 5.27. The number of nitrogens with zero attached hydrogens (tertiary/aromatic N) is 2. The molecule has 1 aromatic carbocycles. The van der Waals surface area contributed by atoms with E-state index >= 15 is 0 Å². The Morgan fingerprint density at radius 2 is 1.82 bits per heavy atom. The van der Waals surface area contributed by atoms with Gasteiger partial charge in [-0.05, 0) is 75.3 Å². The Morgan fingerprint density at radius 3 is 2.62 bits per heavy atom. The van der Waals surface area contributed by atoms with Crippen LogP contribution in [0.3, 0.4) is 0 Å². The van der Waals surface area contributed by atoms with Crippen LogP contribution in [0.5, 0.6) is 11.5 Å². The Morgan fingerprint density at radius 1 is 1.04 bits per heavy atom. The van der Waals surface area contributed by atoms with Crippen LogP contribution in [0.4, 0.5) is 0 Å². The van der Waals surface area contributed by atoms with Crippen LogP contribution in [0.1, 0.15) is 102 Å². The number of phenols is 1. The summed E-state index contributed by atoms with van der Waals surface area (Å²) in [6.45, 7) is 2.96. The quantitative estimate of drug-likeness (QED) is 0.249. The first kappa shape index (κ1) is 35.5. The van der Waals surface area contributed by atoms with Crippen LogP contribution in [-0.2, 0) is 27.3 Å². The normalized spacial score (nSPS) is 25.7. The third-order valence-electron chi connectivity index (χ3n) is 8.83. The molecule has 1 aliphatic carbocycles. The van der Waals surface area contributed by atoms with Crippen LogP contribution in [-0.4, -0.2) is 76.0 Å². The molecule has 4 bridgehead atoms. The number of nitrogens with one attached hydrogen (secondary N) is 1. The highest BCUT2D eigenvalue weighted by atomic mass is 33.1. The number of ether oxygens (including phenoxy) is 2. The smallest absolute Gasteiger partial charge is 0.302 e. The third-order valence-corrected chi connectivity index (χ3v) is 11.0. The molecule has 3 unspecified atom stereocenters. The molecular weight excluding hydrogens is 613 g/mol. The number of fused-ring (bicyclic) bond motifs is 4. The molecule has 1 saturated heterocycles. The van der Waals surface area contributed by atoms with E-state index in [1.165, 1.54) is 6.92 Å². The highest BCUT2D eigenvalue weighted by Crippen LogP contribution is 2.37. The third kappa shape index (κ3) is 12.4. The fraction of sp³-hybridized carbons (Fsp3) is 0.727. The molecule has 0 spiro atoms. The molecule has 3 atom stereocenters. The standard InChI is InChI=1S/C33H52N4O6S2/c1-23(38)42-29-12-11-24-16-26(32(41)30(17-24)43-28-9-5-6-10-28)21-37-20-25(18-31(37)40)13-14-35-33(34)36-22-45-44-15-7-3-2-4-8-27(39)19-29/h16-17,25,27-29,39,41H,2-15,18-22H2,1H3,(H3,34,35,36). The molecular formula is C33H52N4O6S2. The second-order valence-electron chi connectivity index (χ2n) is 12.7. The number of hydrogen-bond acceptors (Lipinski definition) is 11. The number of rotatable bonds is 3. The van der Waals surface area contributed by atoms with Gasteiger partial charge < -0.3 is 35.6 Å². The highest BCUT2D eigenvalue weighted by Gasteiger charge is 2.31. The van der Waals surface area contributed by atoms with Gasteiger partial charge in [-0.1, -0.05) is 46.9 Å². The van der Waals surface area contributed by atoms with Gasteiger partial charge in [0.25, 0.3) is 0 Å². The number of aliphatic imine (C=N–C) groups is 1. The van der Waals surface area contributed by atoms with Crippen LogP contribution in [0.2, 0.25) is 0 Å². The Hall–Kier alpha value is -2.31. The van der Waals surface area contributed by atoms with Crippen molar-refractivity contribution in [3.8, 4) is 11.5 Å². The van der Waals surface area contributed by atoms with Crippen molar-refractivity contribution in [3.63, 3.8) is 0 Å². The summed E-state index contributed by atoms with van der Waals surface area (Å²) in [6.07, 6.45) is 10.9. The molecule has 12 heteroatoms. The molecule has 10 nitrogen and oxygen atoms in total.